The molecule has 0 saturated carbocycles. The Labute approximate surface area is 107 Å². The number of nitrogens with one attached hydrogen (secondary N) is 1. The Morgan fingerprint density at radius 1 is 1.56 bits per heavy atom. The van der Waals surface area contributed by atoms with Crippen LogP contribution in [0, 0.1) is 12.3 Å². The zero-order valence-electron chi connectivity index (χ0n) is 10.6. The number of carbonyl (C=O) groups is 1. The lowest BCUT2D eigenvalue weighted by Gasteiger charge is -2.26. The molecule has 4 nitrogen and oxygen atoms in total. The second-order valence-corrected chi connectivity index (χ2v) is 4.18. The van der Waals surface area contributed by atoms with Gasteiger partial charge in [-0.2, -0.15) is 0 Å². The van der Waals surface area contributed by atoms with Gasteiger partial charge in [0.25, 0.3) is 0 Å². The summed E-state index contributed by atoms with van der Waals surface area (Å²) in [5.41, 5.74) is -0.282. The number of carboxylic acid groups (broad SMARTS) is 1. The van der Waals surface area contributed by atoms with Crippen molar-refractivity contribution < 1.29 is 14.6 Å². The first-order valence-electron chi connectivity index (χ1n) is 5.57. The predicted molar refractivity (Wildman–Crippen MR) is 69.6 cm³/mol. The molecule has 0 heterocycles. The van der Waals surface area contributed by atoms with E-state index in [1.165, 1.54) is 0 Å². The molecule has 0 radical (unpaired) electrons. The molecule has 0 amide bonds. The minimum absolute atomic E-state index is 0.206. The molecule has 0 fully saturated rings. The van der Waals surface area contributed by atoms with Crippen LogP contribution in [-0.2, 0) is 11.2 Å². The van der Waals surface area contributed by atoms with Crippen LogP contribution in [0.25, 0.3) is 0 Å². The molecule has 18 heavy (non-hydrogen) atoms. The number of benzene rings is 1. The third kappa shape index (κ3) is 3.25. The molecule has 2 N–H and O–H groups in total. The minimum atomic E-state index is -1.11. The van der Waals surface area contributed by atoms with Crippen LogP contribution >= 0.6 is 0 Å². The molecule has 0 aromatic heterocycles. The van der Waals surface area contributed by atoms with Crippen LogP contribution in [0.5, 0.6) is 5.75 Å². The second-order valence-electron chi connectivity index (χ2n) is 4.18. The van der Waals surface area contributed by atoms with Gasteiger partial charge in [0.1, 0.15) is 11.3 Å². The van der Waals surface area contributed by atoms with Gasteiger partial charge in [-0.3, -0.25) is 10.1 Å². The number of hydrogen-bond donors (Lipinski definition) is 2. The summed E-state index contributed by atoms with van der Waals surface area (Å²) in [5.74, 6) is 2.12. The second kappa shape index (κ2) is 6.08. The molecule has 4 heteroatoms. The zero-order chi connectivity index (χ0) is 13.6. The van der Waals surface area contributed by atoms with Gasteiger partial charge < -0.3 is 9.84 Å². The van der Waals surface area contributed by atoms with E-state index in [1.54, 1.807) is 20.1 Å². The minimum Gasteiger partial charge on any atom is -0.496 e. The van der Waals surface area contributed by atoms with Gasteiger partial charge >= 0.3 is 5.97 Å². The van der Waals surface area contributed by atoms with Gasteiger partial charge in [0, 0.05) is 6.42 Å². The van der Waals surface area contributed by atoms with Gasteiger partial charge in [0.15, 0.2) is 0 Å². The molecule has 0 bridgehead atoms. The van der Waals surface area contributed by atoms with Crippen molar-refractivity contribution in [3.8, 4) is 18.1 Å². The third-order valence-corrected chi connectivity index (χ3v) is 2.79. The van der Waals surface area contributed by atoms with E-state index in [2.05, 4.69) is 11.2 Å². The van der Waals surface area contributed by atoms with Gasteiger partial charge in [-0.05, 0) is 18.6 Å². The molecule has 0 aliphatic rings. The van der Waals surface area contributed by atoms with Crippen molar-refractivity contribution in [3.05, 3.63) is 29.8 Å². The first kappa shape index (κ1) is 14.1. The van der Waals surface area contributed by atoms with Crippen molar-refractivity contribution in [3.63, 3.8) is 0 Å². The van der Waals surface area contributed by atoms with Crippen LogP contribution < -0.4 is 10.1 Å². The van der Waals surface area contributed by atoms with Crippen molar-refractivity contribution in [2.75, 3.05) is 13.7 Å². The van der Waals surface area contributed by atoms with E-state index >= 15 is 0 Å². The largest absolute Gasteiger partial charge is 0.496 e. The fourth-order valence-corrected chi connectivity index (χ4v) is 1.69. The topological polar surface area (TPSA) is 58.6 Å². The standard InChI is InChI=1S/C14H17NO3/c1-4-9-15-14(2,13(16)17)10-11-7-5-6-8-12(11)18-3/h1,5-8,15H,9-10H2,2-3H3,(H,16,17). The summed E-state index contributed by atoms with van der Waals surface area (Å²) < 4.78 is 5.21. The molecule has 0 saturated heterocycles. The first-order valence-corrected chi connectivity index (χ1v) is 5.57. The molecule has 0 aliphatic carbocycles. The van der Waals surface area contributed by atoms with Gasteiger partial charge in [0.2, 0.25) is 0 Å². The molecule has 1 aromatic rings. The molecular weight excluding hydrogens is 230 g/mol. The highest BCUT2D eigenvalue weighted by Crippen LogP contribution is 2.23. The summed E-state index contributed by atoms with van der Waals surface area (Å²) in [6.45, 7) is 1.82. The van der Waals surface area contributed by atoms with E-state index in [9.17, 15) is 9.90 Å². The predicted octanol–water partition coefficient (Wildman–Crippen LogP) is 1.30. The lowest BCUT2D eigenvalue weighted by atomic mass is 9.92. The monoisotopic (exact) mass is 247 g/mol. The average molecular weight is 247 g/mol. The summed E-state index contributed by atoms with van der Waals surface area (Å²) in [7, 11) is 1.56. The number of terminal acetylenes is 1. The van der Waals surface area contributed by atoms with Crippen LogP contribution in [0.1, 0.15) is 12.5 Å². The number of hydrogen-bond acceptors (Lipinski definition) is 3. The van der Waals surface area contributed by atoms with Gasteiger partial charge in [-0.25, -0.2) is 0 Å². The number of methoxy groups -OCH3 is 1. The van der Waals surface area contributed by atoms with Crippen LogP contribution in [0.3, 0.4) is 0 Å². The maximum Gasteiger partial charge on any atom is 0.323 e. The fourth-order valence-electron chi connectivity index (χ4n) is 1.69. The number of rotatable bonds is 6. The number of ether oxygens (including phenoxy) is 1. The molecule has 1 unspecified atom stereocenters. The number of aliphatic carboxylic acids is 1. The Morgan fingerprint density at radius 2 is 2.22 bits per heavy atom. The molecular formula is C14H17NO3. The van der Waals surface area contributed by atoms with Crippen LogP contribution in [0.4, 0.5) is 0 Å². The summed E-state index contributed by atoms with van der Waals surface area (Å²) in [6.07, 6.45) is 5.45. The maximum atomic E-state index is 11.4. The summed E-state index contributed by atoms with van der Waals surface area (Å²) in [6, 6.07) is 7.34. The van der Waals surface area contributed by atoms with Crippen molar-refractivity contribution in [1.82, 2.24) is 5.32 Å². The summed E-state index contributed by atoms with van der Waals surface area (Å²) in [4.78, 5) is 11.4. The quantitative estimate of drug-likeness (QED) is 0.744. The van der Waals surface area contributed by atoms with Crippen LogP contribution in [-0.4, -0.2) is 30.3 Å². The number of carboxylic acids is 1. The Hall–Kier alpha value is -1.99. The highest BCUT2D eigenvalue weighted by atomic mass is 16.5. The molecule has 0 spiro atoms. The van der Waals surface area contributed by atoms with Crippen LogP contribution in [0.15, 0.2) is 24.3 Å². The first-order chi connectivity index (χ1) is 8.53. The van der Waals surface area contributed by atoms with Crippen molar-refractivity contribution >= 4 is 5.97 Å². The zero-order valence-corrected chi connectivity index (χ0v) is 10.6. The van der Waals surface area contributed by atoms with E-state index in [1.807, 2.05) is 18.2 Å². The molecule has 96 valence electrons. The van der Waals surface area contributed by atoms with Crippen molar-refractivity contribution in [1.29, 1.82) is 0 Å². The highest BCUT2D eigenvalue weighted by molar-refractivity contribution is 5.79. The Balaban J connectivity index is 2.97. The molecule has 1 aromatic carbocycles. The van der Waals surface area contributed by atoms with Crippen molar-refractivity contribution in [2.45, 2.75) is 18.9 Å². The lowest BCUT2D eigenvalue weighted by Crippen LogP contribution is -2.51. The fraction of sp³-hybridized carbons (Fsp3) is 0.357. The average Bonchev–Trinajstić information content (AvgIpc) is 2.37. The van der Waals surface area contributed by atoms with E-state index in [4.69, 9.17) is 11.2 Å². The molecule has 1 rings (SSSR count). The highest BCUT2D eigenvalue weighted by Gasteiger charge is 2.33. The van der Waals surface area contributed by atoms with Gasteiger partial charge in [0.05, 0.1) is 13.7 Å². The smallest absolute Gasteiger partial charge is 0.323 e. The van der Waals surface area contributed by atoms with E-state index in [0.29, 0.717) is 12.2 Å². The SMILES string of the molecule is C#CCNC(C)(Cc1ccccc1OC)C(=O)O. The molecule has 0 aliphatic heterocycles. The Morgan fingerprint density at radius 3 is 2.78 bits per heavy atom. The Bertz CT molecular complexity index is 464. The summed E-state index contributed by atoms with van der Waals surface area (Å²) >= 11 is 0. The van der Waals surface area contributed by atoms with Crippen LogP contribution in [0.2, 0.25) is 0 Å². The Kier molecular flexibility index (Phi) is 4.75. The normalized spacial score (nSPS) is 13.4. The maximum absolute atomic E-state index is 11.4. The van der Waals surface area contributed by atoms with Crippen molar-refractivity contribution in [2.24, 2.45) is 0 Å². The lowest BCUT2D eigenvalue weighted by molar-refractivity contribution is -0.144. The van der Waals surface area contributed by atoms with E-state index < -0.39 is 11.5 Å². The van der Waals surface area contributed by atoms with E-state index in [0.717, 1.165) is 5.56 Å². The number of para-hydroxylation sites is 1. The molecule has 1 atom stereocenters. The van der Waals surface area contributed by atoms with E-state index in [-0.39, 0.29) is 6.54 Å². The summed E-state index contributed by atoms with van der Waals surface area (Å²) in [5, 5.41) is 12.2. The van der Waals surface area contributed by atoms with Gasteiger partial charge in [-0.15, -0.1) is 6.42 Å². The van der Waals surface area contributed by atoms with Gasteiger partial charge in [-0.1, -0.05) is 24.1 Å². The third-order valence-electron chi connectivity index (χ3n) is 2.79.